The molecule has 40 heavy (non-hydrogen) atoms. The van der Waals surface area contributed by atoms with Gasteiger partial charge in [0.1, 0.15) is 11.5 Å². The van der Waals surface area contributed by atoms with Crippen molar-refractivity contribution < 1.29 is 14.7 Å². The van der Waals surface area contributed by atoms with Crippen LogP contribution in [0.15, 0.2) is 36.4 Å². The van der Waals surface area contributed by atoms with Crippen LogP contribution < -0.4 is 15.5 Å². The average Bonchev–Trinajstić information content (AvgIpc) is 2.96. The first-order chi connectivity index (χ1) is 19.3. The molecule has 0 saturated carbocycles. The van der Waals surface area contributed by atoms with Crippen LogP contribution in [0.25, 0.3) is 0 Å². The molecule has 0 aliphatic carbocycles. The van der Waals surface area contributed by atoms with Gasteiger partial charge < -0.3 is 30.4 Å². The van der Waals surface area contributed by atoms with Crippen LogP contribution in [-0.2, 0) is 17.8 Å². The standard InChI is InChI=1S/C30H43N7O3/c1-22(38)36-11-8-25(9-12-36)32-26-17-28(33-29(18-26)37-15-13-34(2)14-16-37)30(40)31-19-27(39)21-35-10-7-23-5-3-4-6-24(23)20-35/h3-6,17-18,25,27,39H,7-16,19-21H2,1-2H3,(H,31,40)(H,32,33)/t27-/m0/s1. The summed E-state index contributed by atoms with van der Waals surface area (Å²) in [7, 11) is 2.11. The highest BCUT2D eigenvalue weighted by atomic mass is 16.3. The van der Waals surface area contributed by atoms with Crippen molar-refractivity contribution in [2.45, 2.75) is 44.9 Å². The number of β-amino-alcohol motifs (C(OH)–C–C–N with tert-alkyl or cyclic N) is 1. The van der Waals surface area contributed by atoms with E-state index in [2.05, 4.69) is 56.6 Å². The Kier molecular flexibility index (Phi) is 9.18. The van der Waals surface area contributed by atoms with E-state index >= 15 is 0 Å². The van der Waals surface area contributed by atoms with Crippen LogP contribution in [0.3, 0.4) is 0 Å². The molecule has 1 aromatic heterocycles. The minimum atomic E-state index is -0.668. The lowest BCUT2D eigenvalue weighted by Gasteiger charge is -2.34. The number of pyridine rings is 1. The fourth-order valence-electron chi connectivity index (χ4n) is 5.86. The molecule has 3 aliphatic heterocycles. The number of likely N-dealkylation sites (tertiary alicyclic amines) is 1. The number of hydrogen-bond acceptors (Lipinski definition) is 8. The first kappa shape index (κ1) is 28.3. The number of benzene rings is 1. The lowest BCUT2D eigenvalue weighted by molar-refractivity contribution is -0.129. The van der Waals surface area contributed by atoms with Gasteiger partial charge in [-0.15, -0.1) is 0 Å². The molecule has 216 valence electrons. The van der Waals surface area contributed by atoms with Gasteiger partial charge in [-0.2, -0.15) is 0 Å². The molecule has 0 spiro atoms. The van der Waals surface area contributed by atoms with E-state index in [4.69, 9.17) is 4.98 Å². The first-order valence-corrected chi connectivity index (χ1v) is 14.6. The summed E-state index contributed by atoms with van der Waals surface area (Å²) in [5.41, 5.74) is 3.89. The maximum Gasteiger partial charge on any atom is 0.270 e. The number of piperidine rings is 1. The number of hydrogen-bond donors (Lipinski definition) is 3. The second-order valence-corrected chi connectivity index (χ2v) is 11.4. The van der Waals surface area contributed by atoms with Crippen LogP contribution in [0.2, 0.25) is 0 Å². The monoisotopic (exact) mass is 549 g/mol. The third kappa shape index (κ3) is 7.30. The van der Waals surface area contributed by atoms with Crippen molar-refractivity contribution in [2.75, 3.05) is 76.2 Å². The minimum absolute atomic E-state index is 0.117. The first-order valence-electron chi connectivity index (χ1n) is 14.6. The number of aliphatic hydroxyl groups is 1. The van der Waals surface area contributed by atoms with Crippen LogP contribution in [0.4, 0.5) is 11.5 Å². The summed E-state index contributed by atoms with van der Waals surface area (Å²) in [5.74, 6) is 0.622. The largest absolute Gasteiger partial charge is 0.390 e. The molecule has 0 unspecified atom stereocenters. The van der Waals surface area contributed by atoms with E-state index in [1.807, 2.05) is 11.0 Å². The van der Waals surface area contributed by atoms with Crippen molar-refractivity contribution in [1.82, 2.24) is 25.0 Å². The van der Waals surface area contributed by atoms with Gasteiger partial charge in [0.25, 0.3) is 5.91 Å². The number of rotatable bonds is 8. The van der Waals surface area contributed by atoms with Gasteiger partial charge in [0.2, 0.25) is 5.91 Å². The van der Waals surface area contributed by atoms with Crippen LogP contribution in [0.1, 0.15) is 41.4 Å². The molecular weight excluding hydrogens is 506 g/mol. The molecule has 10 heteroatoms. The number of piperazine rings is 1. The van der Waals surface area contributed by atoms with Crippen molar-refractivity contribution >= 4 is 23.3 Å². The SMILES string of the molecule is CC(=O)N1CCC(Nc2cc(C(=O)NC[C@H](O)CN3CCc4ccccc4C3)nc(N3CCN(C)CC3)c2)CC1. The molecule has 0 bridgehead atoms. The van der Waals surface area contributed by atoms with E-state index in [9.17, 15) is 14.7 Å². The number of anilines is 2. The molecule has 2 saturated heterocycles. The zero-order chi connectivity index (χ0) is 28.1. The average molecular weight is 550 g/mol. The predicted molar refractivity (Wildman–Crippen MR) is 157 cm³/mol. The fourth-order valence-corrected chi connectivity index (χ4v) is 5.86. The number of nitrogens with zero attached hydrogens (tertiary/aromatic N) is 5. The quantitative estimate of drug-likeness (QED) is 0.454. The van der Waals surface area contributed by atoms with Crippen molar-refractivity contribution in [2.24, 2.45) is 0 Å². The van der Waals surface area contributed by atoms with E-state index in [-0.39, 0.29) is 24.4 Å². The summed E-state index contributed by atoms with van der Waals surface area (Å²) in [6.07, 6.45) is 2.03. The number of likely N-dealkylation sites (N-methyl/N-ethyl adjacent to an activating group) is 1. The highest BCUT2D eigenvalue weighted by Crippen LogP contribution is 2.24. The van der Waals surface area contributed by atoms with Gasteiger partial charge in [-0.3, -0.25) is 14.5 Å². The number of aromatic nitrogens is 1. The Morgan fingerprint density at radius 2 is 1.75 bits per heavy atom. The van der Waals surface area contributed by atoms with Crippen LogP contribution >= 0.6 is 0 Å². The van der Waals surface area contributed by atoms with E-state index in [0.717, 1.165) is 83.1 Å². The van der Waals surface area contributed by atoms with Crippen molar-refractivity contribution in [3.8, 4) is 0 Å². The van der Waals surface area contributed by atoms with Gasteiger partial charge in [-0.05, 0) is 43.5 Å². The fraction of sp³-hybridized carbons (Fsp3) is 0.567. The number of amides is 2. The summed E-state index contributed by atoms with van der Waals surface area (Å²) >= 11 is 0. The lowest BCUT2D eigenvalue weighted by atomic mass is 10.00. The van der Waals surface area contributed by atoms with Crippen LogP contribution in [0, 0.1) is 0 Å². The zero-order valence-electron chi connectivity index (χ0n) is 23.8. The Morgan fingerprint density at radius 3 is 2.48 bits per heavy atom. The van der Waals surface area contributed by atoms with Gasteiger partial charge in [0, 0.05) is 90.2 Å². The van der Waals surface area contributed by atoms with Gasteiger partial charge in [-0.25, -0.2) is 4.98 Å². The van der Waals surface area contributed by atoms with E-state index in [1.54, 1.807) is 13.0 Å². The molecule has 2 amide bonds. The molecule has 3 N–H and O–H groups in total. The topological polar surface area (TPSA) is 104 Å². The summed E-state index contributed by atoms with van der Waals surface area (Å²) in [5, 5.41) is 17.2. The summed E-state index contributed by atoms with van der Waals surface area (Å²) in [6, 6.07) is 12.5. The lowest BCUT2D eigenvalue weighted by Crippen LogP contribution is -2.45. The van der Waals surface area contributed by atoms with Crippen molar-refractivity contribution in [3.05, 3.63) is 53.2 Å². The smallest absolute Gasteiger partial charge is 0.270 e. The molecule has 5 rings (SSSR count). The molecule has 10 nitrogen and oxygen atoms in total. The number of nitrogens with one attached hydrogen (secondary N) is 2. The third-order valence-electron chi connectivity index (χ3n) is 8.36. The van der Waals surface area contributed by atoms with Crippen molar-refractivity contribution in [1.29, 1.82) is 0 Å². The molecule has 2 fully saturated rings. The summed E-state index contributed by atoms with van der Waals surface area (Å²) < 4.78 is 0. The Bertz CT molecular complexity index is 1180. The Balaban J connectivity index is 1.21. The third-order valence-corrected chi connectivity index (χ3v) is 8.36. The molecule has 1 atom stereocenters. The predicted octanol–water partition coefficient (Wildman–Crippen LogP) is 1.41. The molecular formula is C30H43N7O3. The number of fused-ring (bicyclic) bond motifs is 1. The van der Waals surface area contributed by atoms with Crippen LogP contribution in [-0.4, -0.2) is 115 Å². The van der Waals surface area contributed by atoms with E-state index in [1.165, 1.54) is 11.1 Å². The van der Waals surface area contributed by atoms with Crippen molar-refractivity contribution in [3.63, 3.8) is 0 Å². The Hall–Kier alpha value is -3.21. The maximum absolute atomic E-state index is 13.3. The second kappa shape index (κ2) is 13.0. The summed E-state index contributed by atoms with van der Waals surface area (Å²) in [4.78, 5) is 38.4. The second-order valence-electron chi connectivity index (χ2n) is 11.4. The highest BCUT2D eigenvalue weighted by Gasteiger charge is 2.24. The molecule has 4 heterocycles. The van der Waals surface area contributed by atoms with Gasteiger partial charge in [0.05, 0.1) is 6.10 Å². The van der Waals surface area contributed by atoms with Gasteiger partial charge >= 0.3 is 0 Å². The zero-order valence-corrected chi connectivity index (χ0v) is 23.8. The maximum atomic E-state index is 13.3. The number of aliphatic hydroxyl groups excluding tert-OH is 1. The summed E-state index contributed by atoms with van der Waals surface area (Å²) in [6.45, 7) is 9.06. The molecule has 1 aromatic carbocycles. The normalized spacial score (nSPS) is 19.7. The molecule has 0 radical (unpaired) electrons. The van der Waals surface area contributed by atoms with E-state index < -0.39 is 6.10 Å². The number of carbonyl (C=O) groups excluding carboxylic acids is 2. The highest BCUT2D eigenvalue weighted by molar-refractivity contribution is 5.93. The number of carbonyl (C=O) groups is 2. The van der Waals surface area contributed by atoms with Gasteiger partial charge in [0.15, 0.2) is 0 Å². The Morgan fingerprint density at radius 1 is 1.02 bits per heavy atom. The molecule has 2 aromatic rings. The Labute approximate surface area is 237 Å². The van der Waals surface area contributed by atoms with Gasteiger partial charge in [-0.1, -0.05) is 24.3 Å². The minimum Gasteiger partial charge on any atom is -0.390 e. The molecule has 3 aliphatic rings. The van der Waals surface area contributed by atoms with E-state index in [0.29, 0.717) is 12.2 Å². The van der Waals surface area contributed by atoms with Crippen LogP contribution in [0.5, 0.6) is 0 Å².